The van der Waals surface area contributed by atoms with E-state index in [-0.39, 0.29) is 12.3 Å². The van der Waals surface area contributed by atoms with Gasteiger partial charge in [-0.1, -0.05) is 0 Å². The number of hydrogen-bond acceptors (Lipinski definition) is 4. The molecule has 18 heavy (non-hydrogen) atoms. The summed E-state index contributed by atoms with van der Waals surface area (Å²) in [5.41, 5.74) is 5.14. The molecule has 0 saturated carbocycles. The minimum Gasteiger partial charge on any atom is -0.478 e. The summed E-state index contributed by atoms with van der Waals surface area (Å²) in [5, 5.41) is 11.0. The number of amides is 1. The van der Waals surface area contributed by atoms with Crippen LogP contribution >= 0.6 is 0 Å². The lowest BCUT2D eigenvalue weighted by molar-refractivity contribution is -0.118. The summed E-state index contributed by atoms with van der Waals surface area (Å²) in [6, 6.07) is 2.39. The van der Waals surface area contributed by atoms with Gasteiger partial charge < -0.3 is 20.9 Å². The Kier molecular flexibility index (Phi) is 4.75. The van der Waals surface area contributed by atoms with Gasteiger partial charge in [0.15, 0.2) is 0 Å². The fraction of sp³-hybridized carbons (Fsp3) is 0.273. The number of methoxy groups -OCH3 is 1. The van der Waals surface area contributed by atoms with Crippen molar-refractivity contribution in [2.45, 2.75) is 6.04 Å². The Balaban J connectivity index is 2.77. The molecule has 0 bridgehead atoms. The number of rotatable bonds is 5. The summed E-state index contributed by atoms with van der Waals surface area (Å²) < 4.78 is 18.0. The fourth-order valence-electron chi connectivity index (χ4n) is 1.26. The average Bonchev–Trinajstić information content (AvgIpc) is 2.28. The third-order valence-corrected chi connectivity index (χ3v) is 2.15. The molecular weight excluding hydrogens is 243 g/mol. The first kappa shape index (κ1) is 14.1. The predicted octanol–water partition coefficient (Wildman–Crippen LogP) is 0.436. The van der Waals surface area contributed by atoms with Gasteiger partial charge in [-0.3, -0.25) is 4.79 Å². The highest BCUT2D eigenvalue weighted by atomic mass is 19.1. The summed E-state index contributed by atoms with van der Waals surface area (Å²) >= 11 is 0. The first-order valence-electron chi connectivity index (χ1n) is 5.04. The summed E-state index contributed by atoms with van der Waals surface area (Å²) in [4.78, 5) is 22.1. The lowest BCUT2D eigenvalue weighted by atomic mass is 10.2. The van der Waals surface area contributed by atoms with Gasteiger partial charge >= 0.3 is 5.97 Å². The van der Waals surface area contributed by atoms with Crippen molar-refractivity contribution in [3.63, 3.8) is 0 Å². The van der Waals surface area contributed by atoms with Gasteiger partial charge in [-0.05, 0) is 18.2 Å². The number of carbonyl (C=O) groups excluding carboxylic acids is 1. The van der Waals surface area contributed by atoms with Crippen LogP contribution < -0.4 is 11.1 Å². The highest BCUT2D eigenvalue weighted by Crippen LogP contribution is 2.14. The smallest absolute Gasteiger partial charge is 0.338 e. The third kappa shape index (κ3) is 3.51. The number of anilines is 1. The summed E-state index contributed by atoms with van der Waals surface area (Å²) in [5.74, 6) is -2.85. The van der Waals surface area contributed by atoms with Crippen LogP contribution in [-0.4, -0.2) is 36.7 Å². The van der Waals surface area contributed by atoms with Crippen LogP contribution in [-0.2, 0) is 9.53 Å². The first-order chi connectivity index (χ1) is 8.45. The lowest BCUT2D eigenvalue weighted by Gasteiger charge is -2.11. The van der Waals surface area contributed by atoms with Crippen LogP contribution in [0.15, 0.2) is 18.2 Å². The van der Waals surface area contributed by atoms with E-state index in [1.807, 2.05) is 0 Å². The topological polar surface area (TPSA) is 102 Å². The zero-order chi connectivity index (χ0) is 13.7. The molecule has 6 nitrogen and oxygen atoms in total. The van der Waals surface area contributed by atoms with Crippen molar-refractivity contribution in [2.75, 3.05) is 19.0 Å². The van der Waals surface area contributed by atoms with Crippen LogP contribution in [0.3, 0.4) is 0 Å². The van der Waals surface area contributed by atoms with E-state index in [4.69, 9.17) is 15.6 Å². The normalized spacial score (nSPS) is 11.9. The monoisotopic (exact) mass is 256 g/mol. The van der Waals surface area contributed by atoms with Crippen LogP contribution in [0.25, 0.3) is 0 Å². The number of carboxylic acid groups (broad SMARTS) is 1. The number of nitrogens with two attached hydrogens (primary N) is 1. The van der Waals surface area contributed by atoms with Crippen LogP contribution in [0, 0.1) is 5.82 Å². The molecule has 1 amide bonds. The van der Waals surface area contributed by atoms with E-state index in [0.717, 1.165) is 12.1 Å². The van der Waals surface area contributed by atoms with Crippen molar-refractivity contribution in [1.29, 1.82) is 0 Å². The van der Waals surface area contributed by atoms with E-state index >= 15 is 0 Å². The van der Waals surface area contributed by atoms with Gasteiger partial charge in [0.25, 0.3) is 0 Å². The van der Waals surface area contributed by atoms with Gasteiger partial charge in [-0.2, -0.15) is 0 Å². The summed E-state index contributed by atoms with van der Waals surface area (Å²) in [6.07, 6.45) is 0. The Bertz CT molecular complexity index is 464. The number of nitrogens with one attached hydrogen (secondary N) is 1. The SMILES string of the molecule is COCC(N)C(=O)Nc1ccc(C(=O)O)c(F)c1. The molecule has 0 aliphatic heterocycles. The predicted molar refractivity (Wildman–Crippen MR) is 61.8 cm³/mol. The molecule has 0 aliphatic rings. The van der Waals surface area contributed by atoms with E-state index in [0.29, 0.717) is 0 Å². The minimum atomic E-state index is -1.37. The Morgan fingerprint density at radius 2 is 2.22 bits per heavy atom. The molecule has 1 aromatic rings. The molecule has 1 atom stereocenters. The maximum absolute atomic E-state index is 13.3. The van der Waals surface area contributed by atoms with Crippen molar-refractivity contribution in [2.24, 2.45) is 5.73 Å². The molecule has 98 valence electrons. The molecule has 1 unspecified atom stereocenters. The average molecular weight is 256 g/mol. The second kappa shape index (κ2) is 6.08. The molecule has 0 heterocycles. The van der Waals surface area contributed by atoms with E-state index in [9.17, 15) is 14.0 Å². The molecule has 0 saturated heterocycles. The molecule has 1 rings (SSSR count). The van der Waals surface area contributed by atoms with Crippen molar-refractivity contribution < 1.29 is 23.8 Å². The molecule has 0 spiro atoms. The Morgan fingerprint density at radius 3 is 2.72 bits per heavy atom. The van der Waals surface area contributed by atoms with Crippen molar-refractivity contribution >= 4 is 17.6 Å². The van der Waals surface area contributed by atoms with Crippen molar-refractivity contribution in [3.05, 3.63) is 29.6 Å². The van der Waals surface area contributed by atoms with Crippen molar-refractivity contribution in [3.8, 4) is 0 Å². The Hall–Kier alpha value is -1.99. The molecule has 7 heteroatoms. The standard InChI is InChI=1S/C11H13FN2O4/c1-18-5-9(13)10(15)14-6-2-3-7(11(16)17)8(12)4-6/h2-4,9H,5,13H2,1H3,(H,14,15)(H,16,17). The maximum Gasteiger partial charge on any atom is 0.338 e. The number of halogens is 1. The minimum absolute atomic E-state index is 0.0293. The number of benzene rings is 1. The van der Waals surface area contributed by atoms with Crippen LogP contribution in [0.5, 0.6) is 0 Å². The number of aromatic carboxylic acids is 1. The molecule has 0 aliphatic carbocycles. The number of carbonyl (C=O) groups is 2. The van der Waals surface area contributed by atoms with Gasteiger partial charge in [-0.15, -0.1) is 0 Å². The largest absolute Gasteiger partial charge is 0.478 e. The van der Waals surface area contributed by atoms with E-state index < -0.39 is 29.3 Å². The van der Waals surface area contributed by atoms with Gasteiger partial charge in [0.2, 0.25) is 5.91 Å². The molecule has 4 N–H and O–H groups in total. The van der Waals surface area contributed by atoms with E-state index in [2.05, 4.69) is 5.32 Å². The Morgan fingerprint density at radius 1 is 1.56 bits per heavy atom. The number of ether oxygens (including phenoxy) is 1. The highest BCUT2D eigenvalue weighted by molar-refractivity contribution is 5.95. The van der Waals surface area contributed by atoms with Gasteiger partial charge in [0.1, 0.15) is 11.9 Å². The first-order valence-corrected chi connectivity index (χ1v) is 5.04. The van der Waals surface area contributed by atoms with E-state index in [1.165, 1.54) is 13.2 Å². The molecule has 0 aromatic heterocycles. The third-order valence-electron chi connectivity index (χ3n) is 2.15. The van der Waals surface area contributed by atoms with Gasteiger partial charge in [-0.25, -0.2) is 9.18 Å². The zero-order valence-electron chi connectivity index (χ0n) is 9.64. The van der Waals surface area contributed by atoms with Crippen LogP contribution in [0.4, 0.5) is 10.1 Å². The maximum atomic E-state index is 13.3. The number of hydrogen-bond donors (Lipinski definition) is 3. The van der Waals surface area contributed by atoms with Gasteiger partial charge in [0, 0.05) is 12.8 Å². The second-order valence-corrected chi connectivity index (χ2v) is 3.55. The molecular formula is C11H13FN2O4. The summed E-state index contributed by atoms with van der Waals surface area (Å²) in [6.45, 7) is 0.0293. The zero-order valence-corrected chi connectivity index (χ0v) is 9.64. The van der Waals surface area contributed by atoms with Crippen LogP contribution in [0.1, 0.15) is 10.4 Å². The van der Waals surface area contributed by atoms with Crippen LogP contribution in [0.2, 0.25) is 0 Å². The fourth-order valence-corrected chi connectivity index (χ4v) is 1.26. The molecule has 0 fully saturated rings. The van der Waals surface area contributed by atoms with E-state index in [1.54, 1.807) is 0 Å². The highest BCUT2D eigenvalue weighted by Gasteiger charge is 2.15. The molecule has 0 radical (unpaired) electrons. The molecule has 1 aromatic carbocycles. The quantitative estimate of drug-likeness (QED) is 0.709. The number of carboxylic acids is 1. The van der Waals surface area contributed by atoms with Crippen molar-refractivity contribution in [1.82, 2.24) is 0 Å². The Labute approximate surface area is 103 Å². The lowest BCUT2D eigenvalue weighted by Crippen LogP contribution is -2.39. The van der Waals surface area contributed by atoms with Gasteiger partial charge in [0.05, 0.1) is 12.2 Å². The second-order valence-electron chi connectivity index (χ2n) is 3.55. The summed E-state index contributed by atoms with van der Waals surface area (Å²) in [7, 11) is 1.40.